The number of carbonyl (C=O) groups excluding carboxylic acids is 1. The van der Waals surface area contributed by atoms with Crippen LogP contribution < -0.4 is 4.72 Å². The Balaban J connectivity index is 2.51. The van der Waals surface area contributed by atoms with Crippen LogP contribution in [-0.2, 0) is 19.6 Å². The molecule has 1 aliphatic rings. The van der Waals surface area contributed by atoms with Gasteiger partial charge < -0.3 is 9.64 Å². The molecule has 1 unspecified atom stereocenters. The van der Waals surface area contributed by atoms with Crippen molar-refractivity contribution >= 4 is 15.9 Å². The number of morpholine rings is 1. The van der Waals surface area contributed by atoms with Crippen LogP contribution in [0.3, 0.4) is 0 Å². The van der Waals surface area contributed by atoms with Crippen LogP contribution in [0, 0.1) is 0 Å². The van der Waals surface area contributed by atoms with Gasteiger partial charge in [0.1, 0.15) is 0 Å². The Morgan fingerprint density at radius 1 is 1.40 bits per heavy atom. The normalized spacial score (nSPS) is 20.0. The molecule has 0 aromatic heterocycles. The van der Waals surface area contributed by atoms with E-state index >= 15 is 0 Å². The van der Waals surface area contributed by atoms with E-state index in [-0.39, 0.29) is 5.91 Å². The topological polar surface area (TPSA) is 75.7 Å². The Morgan fingerprint density at radius 2 is 1.93 bits per heavy atom. The van der Waals surface area contributed by atoms with Crippen molar-refractivity contribution in [3.63, 3.8) is 0 Å². The van der Waals surface area contributed by atoms with Gasteiger partial charge in [0, 0.05) is 13.1 Å². The molecule has 1 aliphatic heterocycles. The van der Waals surface area contributed by atoms with Crippen molar-refractivity contribution < 1.29 is 17.9 Å². The zero-order valence-corrected chi connectivity index (χ0v) is 9.71. The number of rotatable bonds is 3. The zero-order chi connectivity index (χ0) is 11.5. The average Bonchev–Trinajstić information content (AvgIpc) is 2.15. The van der Waals surface area contributed by atoms with Crippen LogP contribution in [-0.4, -0.2) is 57.8 Å². The molecule has 0 aromatic carbocycles. The van der Waals surface area contributed by atoms with Gasteiger partial charge >= 0.3 is 0 Å². The standard InChI is InChI=1S/C8H16N2O4S/c1-7(9-15(2,12)13)8(11)10-3-5-14-6-4-10/h7,9H,3-6H2,1-2H3. The highest BCUT2D eigenvalue weighted by molar-refractivity contribution is 7.88. The predicted molar refractivity (Wildman–Crippen MR) is 54.8 cm³/mol. The molecule has 0 aliphatic carbocycles. The first-order valence-electron chi connectivity index (χ1n) is 4.74. The fourth-order valence-electron chi connectivity index (χ4n) is 1.43. The van der Waals surface area contributed by atoms with Gasteiger partial charge in [-0.2, -0.15) is 0 Å². The highest BCUT2D eigenvalue weighted by Gasteiger charge is 2.24. The van der Waals surface area contributed by atoms with E-state index in [9.17, 15) is 13.2 Å². The summed E-state index contributed by atoms with van der Waals surface area (Å²) in [6.45, 7) is 3.61. The van der Waals surface area contributed by atoms with Crippen LogP contribution in [0.15, 0.2) is 0 Å². The van der Waals surface area contributed by atoms with Gasteiger partial charge in [0.05, 0.1) is 25.5 Å². The van der Waals surface area contributed by atoms with E-state index in [1.165, 1.54) is 0 Å². The molecule has 1 N–H and O–H groups in total. The van der Waals surface area contributed by atoms with E-state index in [1.807, 2.05) is 0 Å². The number of amides is 1. The summed E-state index contributed by atoms with van der Waals surface area (Å²) in [7, 11) is -3.34. The van der Waals surface area contributed by atoms with Crippen LogP contribution in [0.4, 0.5) is 0 Å². The molecule has 7 heteroatoms. The van der Waals surface area contributed by atoms with E-state index in [2.05, 4.69) is 4.72 Å². The molecule has 1 rings (SSSR count). The number of sulfonamides is 1. The second kappa shape index (κ2) is 4.91. The van der Waals surface area contributed by atoms with Crippen LogP contribution in [0.1, 0.15) is 6.92 Å². The lowest BCUT2D eigenvalue weighted by atomic mass is 10.3. The van der Waals surface area contributed by atoms with Crippen LogP contribution >= 0.6 is 0 Å². The van der Waals surface area contributed by atoms with E-state index in [0.717, 1.165) is 6.26 Å². The number of hydrogen-bond acceptors (Lipinski definition) is 4. The number of hydrogen-bond donors (Lipinski definition) is 1. The summed E-state index contributed by atoms with van der Waals surface area (Å²) in [5, 5.41) is 0. The van der Waals surface area contributed by atoms with E-state index < -0.39 is 16.1 Å². The number of ether oxygens (including phenoxy) is 1. The third-order valence-electron chi connectivity index (χ3n) is 2.08. The number of nitrogens with one attached hydrogen (secondary N) is 1. The minimum absolute atomic E-state index is 0.205. The lowest BCUT2D eigenvalue weighted by Gasteiger charge is -2.29. The molecule has 1 saturated heterocycles. The zero-order valence-electron chi connectivity index (χ0n) is 8.89. The van der Waals surface area contributed by atoms with Gasteiger partial charge in [0.2, 0.25) is 15.9 Å². The molecule has 1 atom stereocenters. The van der Waals surface area contributed by atoms with Gasteiger partial charge in [-0.1, -0.05) is 0 Å². The quantitative estimate of drug-likeness (QED) is 0.666. The highest BCUT2D eigenvalue weighted by atomic mass is 32.2. The monoisotopic (exact) mass is 236 g/mol. The Kier molecular flexibility index (Phi) is 4.06. The first kappa shape index (κ1) is 12.4. The summed E-state index contributed by atoms with van der Waals surface area (Å²) >= 11 is 0. The lowest BCUT2D eigenvalue weighted by molar-refractivity contribution is -0.136. The Morgan fingerprint density at radius 3 is 2.40 bits per heavy atom. The van der Waals surface area contributed by atoms with Crippen molar-refractivity contribution in [2.75, 3.05) is 32.6 Å². The number of nitrogens with zero attached hydrogens (tertiary/aromatic N) is 1. The SMILES string of the molecule is CC(NS(C)(=O)=O)C(=O)N1CCOCC1. The van der Waals surface area contributed by atoms with Crippen molar-refractivity contribution in [3.8, 4) is 0 Å². The summed E-state index contributed by atoms with van der Waals surface area (Å²) < 4.78 is 29.2. The van der Waals surface area contributed by atoms with Crippen molar-refractivity contribution in [2.45, 2.75) is 13.0 Å². The minimum Gasteiger partial charge on any atom is -0.378 e. The molecule has 1 fully saturated rings. The first-order chi connectivity index (χ1) is 6.90. The molecule has 0 radical (unpaired) electrons. The molecular formula is C8H16N2O4S. The van der Waals surface area contributed by atoms with Crippen molar-refractivity contribution in [1.82, 2.24) is 9.62 Å². The third-order valence-corrected chi connectivity index (χ3v) is 2.87. The van der Waals surface area contributed by atoms with E-state index in [0.29, 0.717) is 26.3 Å². The molecule has 6 nitrogen and oxygen atoms in total. The Bertz CT molecular complexity index is 322. The maximum atomic E-state index is 11.7. The lowest BCUT2D eigenvalue weighted by Crippen LogP contribution is -2.50. The Labute approximate surface area is 89.6 Å². The van der Waals surface area contributed by atoms with Crippen molar-refractivity contribution in [3.05, 3.63) is 0 Å². The maximum Gasteiger partial charge on any atom is 0.240 e. The fraction of sp³-hybridized carbons (Fsp3) is 0.875. The number of carbonyl (C=O) groups is 1. The smallest absolute Gasteiger partial charge is 0.240 e. The molecule has 1 amide bonds. The average molecular weight is 236 g/mol. The summed E-state index contributed by atoms with van der Waals surface area (Å²) in [6, 6.07) is -0.710. The molecule has 1 heterocycles. The third kappa shape index (κ3) is 4.15. The molecule has 0 bridgehead atoms. The molecular weight excluding hydrogens is 220 g/mol. The molecule has 0 aromatic rings. The van der Waals surface area contributed by atoms with Gasteiger partial charge in [-0.3, -0.25) is 4.79 Å². The van der Waals surface area contributed by atoms with Gasteiger partial charge in [0.15, 0.2) is 0 Å². The first-order valence-corrected chi connectivity index (χ1v) is 6.63. The molecule has 88 valence electrons. The predicted octanol–water partition coefficient (Wildman–Crippen LogP) is -1.22. The summed E-state index contributed by atoms with van der Waals surface area (Å²) in [4.78, 5) is 13.3. The van der Waals surface area contributed by atoms with Gasteiger partial charge in [0.25, 0.3) is 0 Å². The van der Waals surface area contributed by atoms with Crippen LogP contribution in [0.25, 0.3) is 0 Å². The summed E-state index contributed by atoms with van der Waals surface area (Å²) in [6.07, 6.45) is 1.04. The highest BCUT2D eigenvalue weighted by Crippen LogP contribution is 2.01. The second-order valence-electron chi connectivity index (χ2n) is 3.55. The van der Waals surface area contributed by atoms with Crippen LogP contribution in [0.2, 0.25) is 0 Å². The van der Waals surface area contributed by atoms with Crippen molar-refractivity contribution in [1.29, 1.82) is 0 Å². The van der Waals surface area contributed by atoms with E-state index in [4.69, 9.17) is 4.74 Å². The summed E-state index contributed by atoms with van der Waals surface area (Å²) in [5.74, 6) is -0.205. The second-order valence-corrected chi connectivity index (χ2v) is 5.33. The minimum atomic E-state index is -3.34. The van der Waals surface area contributed by atoms with Gasteiger partial charge in [-0.05, 0) is 6.92 Å². The molecule has 0 saturated carbocycles. The molecule has 15 heavy (non-hydrogen) atoms. The largest absolute Gasteiger partial charge is 0.378 e. The molecule has 0 spiro atoms. The fourth-order valence-corrected chi connectivity index (χ4v) is 2.17. The van der Waals surface area contributed by atoms with Gasteiger partial charge in [-0.25, -0.2) is 13.1 Å². The Hall–Kier alpha value is -0.660. The summed E-state index contributed by atoms with van der Waals surface area (Å²) in [5.41, 5.74) is 0. The van der Waals surface area contributed by atoms with Crippen molar-refractivity contribution in [2.24, 2.45) is 0 Å². The van der Waals surface area contributed by atoms with Crippen LogP contribution in [0.5, 0.6) is 0 Å². The maximum absolute atomic E-state index is 11.7. The van der Waals surface area contributed by atoms with Gasteiger partial charge in [-0.15, -0.1) is 0 Å². The van der Waals surface area contributed by atoms with E-state index in [1.54, 1.807) is 11.8 Å².